The van der Waals surface area contributed by atoms with Gasteiger partial charge in [-0.3, -0.25) is 0 Å². The van der Waals surface area contributed by atoms with Crippen LogP contribution in [0.15, 0.2) is 30.4 Å². The van der Waals surface area contributed by atoms with Crippen LogP contribution >= 0.6 is 0 Å². The van der Waals surface area contributed by atoms with Gasteiger partial charge in [-0.05, 0) is 56.3 Å². The molecule has 0 heterocycles. The highest BCUT2D eigenvalue weighted by atomic mass is 19.1. The number of hydrogen-bond acceptors (Lipinski definition) is 1. The Morgan fingerprint density at radius 1 is 1.22 bits per heavy atom. The Labute approximate surface area is 107 Å². The number of halogens is 2. The van der Waals surface area contributed by atoms with Crippen LogP contribution in [0.3, 0.4) is 0 Å². The van der Waals surface area contributed by atoms with E-state index >= 15 is 0 Å². The summed E-state index contributed by atoms with van der Waals surface area (Å²) in [6.07, 6.45) is 7.84. The Hall–Kier alpha value is -1.22. The highest BCUT2D eigenvalue weighted by Gasteiger charge is 2.13. The van der Waals surface area contributed by atoms with Crippen molar-refractivity contribution in [3.8, 4) is 0 Å². The zero-order valence-corrected chi connectivity index (χ0v) is 10.6. The molecule has 1 aromatic rings. The van der Waals surface area contributed by atoms with E-state index in [0.29, 0.717) is 11.5 Å². The van der Waals surface area contributed by atoms with Crippen molar-refractivity contribution in [3.63, 3.8) is 0 Å². The van der Waals surface area contributed by atoms with E-state index in [-0.39, 0.29) is 6.04 Å². The molecule has 0 aromatic heterocycles. The van der Waals surface area contributed by atoms with Gasteiger partial charge in [0.25, 0.3) is 0 Å². The van der Waals surface area contributed by atoms with Gasteiger partial charge in [0, 0.05) is 12.1 Å². The molecule has 0 bridgehead atoms. The van der Waals surface area contributed by atoms with Crippen LogP contribution in [-0.4, -0.2) is 6.54 Å². The number of allylic oxidation sites excluding steroid dienone is 2. The molecule has 2 unspecified atom stereocenters. The maximum atomic E-state index is 13.1. The molecule has 0 fully saturated rings. The molecular weight excluding hydrogens is 232 g/mol. The van der Waals surface area contributed by atoms with Gasteiger partial charge in [0.1, 0.15) is 11.6 Å². The van der Waals surface area contributed by atoms with E-state index in [2.05, 4.69) is 17.5 Å². The Balaban J connectivity index is 1.90. The summed E-state index contributed by atoms with van der Waals surface area (Å²) in [7, 11) is 0. The molecule has 3 heteroatoms. The van der Waals surface area contributed by atoms with Crippen molar-refractivity contribution in [1.82, 2.24) is 5.32 Å². The number of rotatable bonds is 4. The topological polar surface area (TPSA) is 12.0 Å². The lowest BCUT2D eigenvalue weighted by molar-refractivity contribution is 0.414. The fraction of sp³-hybridized carbons (Fsp3) is 0.467. The average molecular weight is 251 g/mol. The van der Waals surface area contributed by atoms with E-state index < -0.39 is 11.6 Å². The largest absolute Gasteiger partial charge is 0.310 e. The third-order valence-electron chi connectivity index (χ3n) is 3.48. The maximum absolute atomic E-state index is 13.1. The van der Waals surface area contributed by atoms with E-state index in [0.717, 1.165) is 25.5 Å². The zero-order chi connectivity index (χ0) is 13.0. The lowest BCUT2D eigenvalue weighted by Crippen LogP contribution is -2.26. The molecule has 1 N–H and O–H groups in total. The first kappa shape index (κ1) is 13.2. The molecule has 0 radical (unpaired) electrons. The van der Waals surface area contributed by atoms with Crippen molar-refractivity contribution >= 4 is 0 Å². The predicted molar refractivity (Wildman–Crippen MR) is 69.3 cm³/mol. The van der Waals surface area contributed by atoms with Crippen LogP contribution in [0.2, 0.25) is 0 Å². The molecule has 2 rings (SSSR count). The second-order valence-corrected chi connectivity index (χ2v) is 4.98. The molecule has 0 saturated carbocycles. The molecular formula is C15H19F2N. The number of benzene rings is 1. The third kappa shape index (κ3) is 3.64. The predicted octanol–water partition coefficient (Wildman–Crippen LogP) is 3.97. The summed E-state index contributed by atoms with van der Waals surface area (Å²) in [5.41, 5.74) is 0.666. The third-order valence-corrected chi connectivity index (χ3v) is 3.48. The summed E-state index contributed by atoms with van der Waals surface area (Å²) >= 11 is 0. The summed E-state index contributed by atoms with van der Waals surface area (Å²) < 4.78 is 26.2. The van der Waals surface area contributed by atoms with E-state index in [1.807, 2.05) is 6.92 Å². The van der Waals surface area contributed by atoms with Crippen molar-refractivity contribution in [3.05, 3.63) is 47.5 Å². The quantitative estimate of drug-likeness (QED) is 0.798. The smallest absolute Gasteiger partial charge is 0.126 e. The standard InChI is InChI=1S/C15H19F2N/c1-11(13-7-14(16)9-15(17)8-13)18-10-12-5-3-2-4-6-12/h2-3,7-9,11-12,18H,4-6,10H2,1H3. The van der Waals surface area contributed by atoms with Crippen LogP contribution in [0.1, 0.15) is 37.8 Å². The molecule has 0 spiro atoms. The molecule has 1 aliphatic rings. The second kappa shape index (κ2) is 6.10. The molecule has 1 nitrogen and oxygen atoms in total. The molecule has 98 valence electrons. The van der Waals surface area contributed by atoms with E-state index in [1.54, 1.807) is 0 Å². The fourth-order valence-electron chi connectivity index (χ4n) is 2.33. The summed E-state index contributed by atoms with van der Waals surface area (Å²) in [4.78, 5) is 0. The minimum Gasteiger partial charge on any atom is -0.310 e. The van der Waals surface area contributed by atoms with Gasteiger partial charge in [-0.15, -0.1) is 0 Å². The monoisotopic (exact) mass is 251 g/mol. The van der Waals surface area contributed by atoms with Crippen LogP contribution in [0.4, 0.5) is 8.78 Å². The molecule has 0 saturated heterocycles. The summed E-state index contributed by atoms with van der Waals surface area (Å²) in [6, 6.07) is 3.66. The maximum Gasteiger partial charge on any atom is 0.126 e. The molecule has 2 atom stereocenters. The van der Waals surface area contributed by atoms with Gasteiger partial charge in [-0.2, -0.15) is 0 Å². The molecule has 1 aliphatic carbocycles. The first-order valence-electron chi connectivity index (χ1n) is 6.49. The Morgan fingerprint density at radius 3 is 2.56 bits per heavy atom. The van der Waals surface area contributed by atoms with Crippen LogP contribution in [0.25, 0.3) is 0 Å². The summed E-state index contributed by atoms with van der Waals surface area (Å²) in [6.45, 7) is 2.83. The average Bonchev–Trinajstić information content (AvgIpc) is 2.36. The molecule has 0 aliphatic heterocycles. The molecule has 1 aromatic carbocycles. The van der Waals surface area contributed by atoms with E-state index in [4.69, 9.17) is 0 Å². The SMILES string of the molecule is CC(NCC1CC=CCC1)c1cc(F)cc(F)c1. The summed E-state index contributed by atoms with van der Waals surface area (Å²) in [5, 5.41) is 3.36. The Kier molecular flexibility index (Phi) is 4.48. The number of hydrogen-bond donors (Lipinski definition) is 1. The fourth-order valence-corrected chi connectivity index (χ4v) is 2.33. The second-order valence-electron chi connectivity index (χ2n) is 4.98. The van der Waals surface area contributed by atoms with Crippen molar-refractivity contribution in [2.45, 2.75) is 32.2 Å². The number of nitrogens with one attached hydrogen (secondary N) is 1. The van der Waals surface area contributed by atoms with Crippen LogP contribution in [-0.2, 0) is 0 Å². The van der Waals surface area contributed by atoms with Crippen LogP contribution in [0, 0.1) is 17.6 Å². The molecule has 0 amide bonds. The van der Waals surface area contributed by atoms with Crippen LogP contribution < -0.4 is 5.32 Å². The van der Waals surface area contributed by atoms with E-state index in [9.17, 15) is 8.78 Å². The highest BCUT2D eigenvalue weighted by Crippen LogP contribution is 2.20. The first-order valence-corrected chi connectivity index (χ1v) is 6.49. The van der Waals surface area contributed by atoms with Gasteiger partial charge in [0.05, 0.1) is 0 Å². The normalized spacial score (nSPS) is 20.9. The van der Waals surface area contributed by atoms with E-state index in [1.165, 1.54) is 18.6 Å². The lowest BCUT2D eigenvalue weighted by Gasteiger charge is -2.21. The highest BCUT2D eigenvalue weighted by molar-refractivity contribution is 5.20. The van der Waals surface area contributed by atoms with Crippen LogP contribution in [0.5, 0.6) is 0 Å². The van der Waals surface area contributed by atoms with Gasteiger partial charge in [0.2, 0.25) is 0 Å². The van der Waals surface area contributed by atoms with Gasteiger partial charge >= 0.3 is 0 Å². The summed E-state index contributed by atoms with van der Waals surface area (Å²) in [5.74, 6) is -0.394. The zero-order valence-electron chi connectivity index (χ0n) is 10.6. The lowest BCUT2D eigenvalue weighted by atomic mass is 9.94. The van der Waals surface area contributed by atoms with Gasteiger partial charge < -0.3 is 5.32 Å². The minimum absolute atomic E-state index is 0.0268. The van der Waals surface area contributed by atoms with Crippen molar-refractivity contribution in [1.29, 1.82) is 0 Å². The van der Waals surface area contributed by atoms with Gasteiger partial charge in [0.15, 0.2) is 0 Å². The minimum atomic E-state index is -0.515. The van der Waals surface area contributed by atoms with Crippen molar-refractivity contribution < 1.29 is 8.78 Å². The molecule has 18 heavy (non-hydrogen) atoms. The van der Waals surface area contributed by atoms with Crippen molar-refractivity contribution in [2.75, 3.05) is 6.54 Å². The Morgan fingerprint density at radius 2 is 1.94 bits per heavy atom. The van der Waals surface area contributed by atoms with Gasteiger partial charge in [-0.25, -0.2) is 8.78 Å². The van der Waals surface area contributed by atoms with Gasteiger partial charge in [-0.1, -0.05) is 12.2 Å². The first-order chi connectivity index (χ1) is 8.65. The Bertz CT molecular complexity index is 408. The van der Waals surface area contributed by atoms with Crippen molar-refractivity contribution in [2.24, 2.45) is 5.92 Å².